The van der Waals surface area contributed by atoms with Gasteiger partial charge in [-0.1, -0.05) is 0 Å². The maximum Gasteiger partial charge on any atom is 0.271 e. The lowest BCUT2D eigenvalue weighted by Gasteiger charge is -2.17. The van der Waals surface area contributed by atoms with Crippen molar-refractivity contribution in [2.45, 2.75) is 32.4 Å². The molecule has 0 amide bonds. The Morgan fingerprint density at radius 1 is 1.54 bits per heavy atom. The first-order valence-electron chi connectivity index (χ1n) is 7.60. The average Bonchev–Trinajstić information content (AvgIpc) is 3.25. The molecule has 1 atom stereocenters. The van der Waals surface area contributed by atoms with Crippen LogP contribution in [0.3, 0.4) is 0 Å². The van der Waals surface area contributed by atoms with Crippen LogP contribution >= 0.6 is 0 Å². The Morgan fingerprint density at radius 3 is 2.92 bits per heavy atom. The molecule has 3 rings (SSSR count). The number of pyridine rings is 1. The van der Waals surface area contributed by atoms with E-state index in [1.807, 2.05) is 6.07 Å². The number of carbonyl (C=O) groups is 1. The summed E-state index contributed by atoms with van der Waals surface area (Å²) in [6, 6.07) is 4.84. The van der Waals surface area contributed by atoms with Gasteiger partial charge in [0.1, 0.15) is 11.6 Å². The highest BCUT2D eigenvalue weighted by molar-refractivity contribution is 6.09. The van der Waals surface area contributed by atoms with E-state index in [-0.39, 0.29) is 35.1 Å². The third-order valence-electron chi connectivity index (χ3n) is 4.18. The quantitative estimate of drug-likeness (QED) is 0.857. The first-order chi connectivity index (χ1) is 11.5. The average molecular weight is 328 g/mol. The number of furan rings is 1. The van der Waals surface area contributed by atoms with Crippen molar-refractivity contribution in [3.05, 3.63) is 51.2 Å². The summed E-state index contributed by atoms with van der Waals surface area (Å²) in [6.07, 6.45) is 2.74. The number of nitrogens with zero attached hydrogens (tertiary/aromatic N) is 2. The Kier molecular flexibility index (Phi) is 4.23. The fraction of sp³-hybridized carbons (Fsp3) is 0.353. The Labute approximate surface area is 137 Å². The number of aromatic nitrogens is 1. The summed E-state index contributed by atoms with van der Waals surface area (Å²) in [6.45, 7) is 2.15. The van der Waals surface area contributed by atoms with E-state index < -0.39 is 17.2 Å². The second kappa shape index (κ2) is 6.34. The summed E-state index contributed by atoms with van der Waals surface area (Å²) in [4.78, 5) is 25.1. The zero-order valence-electron chi connectivity index (χ0n) is 13.1. The maximum atomic E-state index is 12.6. The Balaban J connectivity index is 2.16. The molecule has 2 aromatic rings. The van der Waals surface area contributed by atoms with E-state index >= 15 is 0 Å². The van der Waals surface area contributed by atoms with Crippen molar-refractivity contribution in [3.8, 4) is 11.9 Å². The van der Waals surface area contributed by atoms with Crippen molar-refractivity contribution in [2.24, 2.45) is 0 Å². The largest absolute Gasteiger partial charge is 0.494 e. The lowest BCUT2D eigenvalue weighted by molar-refractivity contribution is 0.0926. The lowest BCUT2D eigenvalue weighted by atomic mass is 10.0. The molecule has 0 aliphatic carbocycles. The highest BCUT2D eigenvalue weighted by Crippen LogP contribution is 2.26. The fourth-order valence-corrected chi connectivity index (χ4v) is 2.92. The Bertz CT molecular complexity index is 868. The van der Waals surface area contributed by atoms with Crippen molar-refractivity contribution in [3.63, 3.8) is 0 Å². The second-order valence-corrected chi connectivity index (χ2v) is 5.67. The normalized spacial score (nSPS) is 16.9. The minimum absolute atomic E-state index is 0.0274. The molecular formula is C17H16N2O5. The smallest absolute Gasteiger partial charge is 0.271 e. The monoisotopic (exact) mass is 328 g/mol. The molecule has 3 heterocycles. The van der Waals surface area contributed by atoms with Gasteiger partial charge in [0, 0.05) is 6.61 Å². The number of aromatic hydroxyl groups is 1. The van der Waals surface area contributed by atoms with Gasteiger partial charge in [0.2, 0.25) is 11.7 Å². The van der Waals surface area contributed by atoms with Crippen LogP contribution in [0.2, 0.25) is 0 Å². The van der Waals surface area contributed by atoms with Crippen molar-refractivity contribution in [1.29, 1.82) is 5.26 Å². The highest BCUT2D eigenvalue weighted by atomic mass is 16.5. The minimum Gasteiger partial charge on any atom is -0.494 e. The third-order valence-corrected chi connectivity index (χ3v) is 4.18. The fourth-order valence-electron chi connectivity index (χ4n) is 2.92. The molecule has 1 saturated heterocycles. The number of nitriles is 1. The van der Waals surface area contributed by atoms with E-state index in [4.69, 9.17) is 9.15 Å². The van der Waals surface area contributed by atoms with Gasteiger partial charge in [-0.25, -0.2) is 0 Å². The van der Waals surface area contributed by atoms with Gasteiger partial charge >= 0.3 is 0 Å². The molecular weight excluding hydrogens is 312 g/mol. The van der Waals surface area contributed by atoms with Crippen LogP contribution in [-0.4, -0.2) is 28.2 Å². The van der Waals surface area contributed by atoms with Gasteiger partial charge in [-0.05, 0) is 37.5 Å². The van der Waals surface area contributed by atoms with Gasteiger partial charge in [-0.3, -0.25) is 14.2 Å². The summed E-state index contributed by atoms with van der Waals surface area (Å²) >= 11 is 0. The highest BCUT2D eigenvalue weighted by Gasteiger charge is 2.28. The van der Waals surface area contributed by atoms with Crippen LogP contribution in [0.1, 0.15) is 40.1 Å². The molecule has 1 fully saturated rings. The number of hydrogen-bond acceptors (Lipinski definition) is 6. The number of hydrogen-bond donors (Lipinski definition) is 1. The SMILES string of the molecule is Cc1c(C(=O)c2ccco2)c(O)n(CC2CCCO2)c(=O)c1C#N. The number of ether oxygens (including phenoxy) is 1. The summed E-state index contributed by atoms with van der Waals surface area (Å²) in [5.74, 6) is -1.01. The van der Waals surface area contributed by atoms with Crippen molar-refractivity contribution in [2.75, 3.05) is 6.61 Å². The second-order valence-electron chi connectivity index (χ2n) is 5.67. The molecule has 24 heavy (non-hydrogen) atoms. The molecule has 1 unspecified atom stereocenters. The first-order valence-corrected chi connectivity index (χ1v) is 7.60. The standard InChI is InChI=1S/C17H16N2O5/c1-10-12(8-18)16(21)19(9-11-4-2-6-23-11)17(22)14(10)15(20)13-5-3-7-24-13/h3,5,7,11,22H,2,4,6,9H2,1H3. The maximum absolute atomic E-state index is 12.6. The molecule has 1 aliphatic rings. The zero-order chi connectivity index (χ0) is 17.3. The minimum atomic E-state index is -0.626. The van der Waals surface area contributed by atoms with Crippen molar-refractivity contribution < 1.29 is 19.1 Å². The van der Waals surface area contributed by atoms with Crippen LogP contribution in [0.15, 0.2) is 27.6 Å². The van der Waals surface area contributed by atoms with Crippen LogP contribution < -0.4 is 5.56 Å². The third kappa shape index (κ3) is 2.61. The summed E-state index contributed by atoms with van der Waals surface area (Å²) < 4.78 is 11.6. The molecule has 7 heteroatoms. The summed E-state index contributed by atoms with van der Waals surface area (Å²) in [5, 5.41) is 19.8. The number of carbonyl (C=O) groups excluding carboxylic acids is 1. The number of ketones is 1. The molecule has 0 spiro atoms. The molecule has 124 valence electrons. The van der Waals surface area contributed by atoms with Crippen LogP contribution in [0.25, 0.3) is 0 Å². The molecule has 7 nitrogen and oxygen atoms in total. The van der Waals surface area contributed by atoms with Crippen LogP contribution in [-0.2, 0) is 11.3 Å². The van der Waals surface area contributed by atoms with Gasteiger partial charge in [0.15, 0.2) is 5.76 Å². The van der Waals surface area contributed by atoms with E-state index in [2.05, 4.69) is 0 Å². The van der Waals surface area contributed by atoms with E-state index in [1.165, 1.54) is 19.3 Å². The topological polar surface area (TPSA) is 105 Å². The predicted molar refractivity (Wildman–Crippen MR) is 82.9 cm³/mol. The van der Waals surface area contributed by atoms with E-state index in [1.54, 1.807) is 6.07 Å². The van der Waals surface area contributed by atoms with E-state index in [0.29, 0.717) is 6.61 Å². The molecule has 2 aromatic heterocycles. The van der Waals surface area contributed by atoms with Crippen LogP contribution in [0.4, 0.5) is 0 Å². The molecule has 0 bridgehead atoms. The first kappa shape index (κ1) is 16.0. The lowest BCUT2D eigenvalue weighted by Crippen LogP contribution is -2.30. The molecule has 0 saturated carbocycles. The van der Waals surface area contributed by atoms with Crippen LogP contribution in [0.5, 0.6) is 5.88 Å². The Hall–Kier alpha value is -2.85. The van der Waals surface area contributed by atoms with Gasteiger partial charge in [-0.15, -0.1) is 0 Å². The Morgan fingerprint density at radius 2 is 2.33 bits per heavy atom. The molecule has 1 aliphatic heterocycles. The summed E-state index contributed by atoms with van der Waals surface area (Å²) in [7, 11) is 0. The van der Waals surface area contributed by atoms with Crippen molar-refractivity contribution in [1.82, 2.24) is 4.57 Å². The van der Waals surface area contributed by atoms with Crippen LogP contribution in [0, 0.1) is 18.3 Å². The number of rotatable bonds is 4. The van der Waals surface area contributed by atoms with E-state index in [0.717, 1.165) is 17.4 Å². The van der Waals surface area contributed by atoms with Crippen molar-refractivity contribution >= 4 is 5.78 Å². The van der Waals surface area contributed by atoms with Gasteiger partial charge < -0.3 is 14.3 Å². The predicted octanol–water partition coefficient (Wildman–Crippen LogP) is 1.74. The zero-order valence-corrected chi connectivity index (χ0v) is 13.1. The summed E-state index contributed by atoms with van der Waals surface area (Å²) in [5.41, 5.74) is -0.746. The molecule has 0 radical (unpaired) electrons. The molecule has 1 N–H and O–H groups in total. The molecule has 0 aromatic carbocycles. The van der Waals surface area contributed by atoms with E-state index in [9.17, 15) is 20.0 Å². The van der Waals surface area contributed by atoms with Gasteiger partial charge in [0.25, 0.3) is 5.56 Å². The van der Waals surface area contributed by atoms with Gasteiger partial charge in [-0.2, -0.15) is 5.26 Å². The van der Waals surface area contributed by atoms with Gasteiger partial charge in [0.05, 0.1) is 24.5 Å².